The molecule has 9 heteroatoms. The Morgan fingerprint density at radius 1 is 1.12 bits per heavy atom. The maximum Gasteiger partial charge on any atom is 0.410 e. The second-order valence-electron chi connectivity index (χ2n) is 10.6. The molecule has 1 amide bonds. The van der Waals surface area contributed by atoms with Crippen molar-refractivity contribution in [1.29, 1.82) is 0 Å². The van der Waals surface area contributed by atoms with Crippen molar-refractivity contribution in [1.82, 2.24) is 9.80 Å². The van der Waals surface area contributed by atoms with Crippen LogP contribution in [-0.2, 0) is 14.6 Å². The van der Waals surface area contributed by atoms with Gasteiger partial charge in [-0.3, -0.25) is 4.90 Å². The molecule has 0 spiro atoms. The molecule has 1 aliphatic heterocycles. The van der Waals surface area contributed by atoms with E-state index in [1.807, 2.05) is 25.7 Å². The molecule has 1 heterocycles. The maximum atomic E-state index is 14.2. The number of ether oxygens (including phenoxy) is 2. The van der Waals surface area contributed by atoms with Crippen LogP contribution in [0.2, 0.25) is 0 Å². The zero-order valence-electron chi connectivity index (χ0n) is 19.9. The molecule has 2 saturated carbocycles. The number of fused-ring (bicyclic) bond motifs is 1. The van der Waals surface area contributed by atoms with E-state index in [4.69, 9.17) is 9.47 Å². The van der Waals surface area contributed by atoms with Crippen molar-refractivity contribution in [3.63, 3.8) is 0 Å². The van der Waals surface area contributed by atoms with Crippen molar-refractivity contribution in [3.05, 3.63) is 24.0 Å². The van der Waals surface area contributed by atoms with Crippen molar-refractivity contribution in [3.8, 4) is 5.75 Å². The Balaban J connectivity index is 1.23. The number of sulfone groups is 1. The maximum absolute atomic E-state index is 14.2. The first-order chi connectivity index (χ1) is 15.4. The molecule has 0 bridgehead atoms. The molecule has 7 nitrogen and oxygen atoms in total. The minimum atomic E-state index is -3.44. The lowest BCUT2D eigenvalue weighted by Crippen LogP contribution is -2.53. The van der Waals surface area contributed by atoms with Gasteiger partial charge in [0, 0.05) is 31.4 Å². The number of rotatable bonds is 5. The molecule has 1 saturated heterocycles. The highest BCUT2D eigenvalue weighted by Crippen LogP contribution is 2.41. The van der Waals surface area contributed by atoms with Crippen LogP contribution in [0.4, 0.5) is 9.18 Å². The van der Waals surface area contributed by atoms with E-state index in [-0.39, 0.29) is 22.8 Å². The molecule has 2 aliphatic carbocycles. The van der Waals surface area contributed by atoms with Gasteiger partial charge < -0.3 is 14.4 Å². The second kappa shape index (κ2) is 9.06. The largest absolute Gasteiger partial charge is 0.490 e. The summed E-state index contributed by atoms with van der Waals surface area (Å²) < 4.78 is 48.6. The zero-order valence-corrected chi connectivity index (χ0v) is 20.7. The SMILES string of the molecule is CC(C)(C)OC(=O)N1CCN([C@H]2CC[C@H](COc3ccc(S(C)(=O)=O)cc3F)CC2)[C@@H]2CC21. The molecule has 184 valence electrons. The first kappa shape index (κ1) is 24.3. The number of hydrogen-bond donors (Lipinski definition) is 0. The molecule has 0 radical (unpaired) electrons. The summed E-state index contributed by atoms with van der Waals surface area (Å²) in [6, 6.07) is 5.02. The minimum absolute atomic E-state index is 0.0435. The van der Waals surface area contributed by atoms with E-state index in [2.05, 4.69) is 4.90 Å². The molecule has 0 aromatic heterocycles. The van der Waals surface area contributed by atoms with Crippen LogP contribution in [0, 0.1) is 11.7 Å². The fourth-order valence-electron chi connectivity index (χ4n) is 5.10. The van der Waals surface area contributed by atoms with Crippen LogP contribution in [0.15, 0.2) is 23.1 Å². The third kappa shape index (κ3) is 5.80. The lowest BCUT2D eigenvalue weighted by atomic mass is 9.85. The molecule has 0 N–H and O–H groups in total. The van der Waals surface area contributed by atoms with Crippen LogP contribution < -0.4 is 4.74 Å². The number of piperazine rings is 1. The number of carbonyl (C=O) groups is 1. The Morgan fingerprint density at radius 3 is 2.42 bits per heavy atom. The molecular formula is C24H35FN2O5S. The van der Waals surface area contributed by atoms with Crippen LogP contribution >= 0.6 is 0 Å². The molecule has 4 rings (SSSR count). The number of nitrogens with zero attached hydrogens (tertiary/aromatic N) is 2. The summed E-state index contributed by atoms with van der Waals surface area (Å²) in [5, 5.41) is 0. The van der Waals surface area contributed by atoms with E-state index in [0.29, 0.717) is 31.2 Å². The molecule has 1 aromatic carbocycles. The molecule has 2 atom stereocenters. The summed E-state index contributed by atoms with van der Waals surface area (Å²) in [6.07, 6.45) is 6.03. The lowest BCUT2D eigenvalue weighted by Gasteiger charge is -2.41. The first-order valence-electron chi connectivity index (χ1n) is 11.8. The van der Waals surface area contributed by atoms with Gasteiger partial charge in [0.1, 0.15) is 5.60 Å². The summed E-state index contributed by atoms with van der Waals surface area (Å²) in [7, 11) is -3.44. The van der Waals surface area contributed by atoms with Gasteiger partial charge in [0.25, 0.3) is 0 Å². The fourth-order valence-corrected chi connectivity index (χ4v) is 5.73. The smallest absolute Gasteiger partial charge is 0.410 e. The van der Waals surface area contributed by atoms with E-state index in [1.165, 1.54) is 12.1 Å². The Kier molecular flexibility index (Phi) is 6.66. The van der Waals surface area contributed by atoms with E-state index < -0.39 is 21.3 Å². The highest BCUT2D eigenvalue weighted by molar-refractivity contribution is 7.90. The Labute approximate surface area is 196 Å². The van der Waals surface area contributed by atoms with Gasteiger partial charge in [0.15, 0.2) is 21.4 Å². The average Bonchev–Trinajstić information content (AvgIpc) is 3.51. The van der Waals surface area contributed by atoms with Crippen LogP contribution in [0.5, 0.6) is 5.75 Å². The van der Waals surface area contributed by atoms with Gasteiger partial charge in [-0.25, -0.2) is 17.6 Å². The molecule has 1 unspecified atom stereocenters. The molecule has 3 fully saturated rings. The average molecular weight is 483 g/mol. The molecule has 33 heavy (non-hydrogen) atoms. The quantitative estimate of drug-likeness (QED) is 0.634. The van der Waals surface area contributed by atoms with Crippen molar-refractivity contribution in [2.24, 2.45) is 5.92 Å². The van der Waals surface area contributed by atoms with E-state index >= 15 is 0 Å². The van der Waals surface area contributed by atoms with Gasteiger partial charge in [-0.05, 0) is 77.0 Å². The standard InChI is InChI=1S/C24H35FN2O5S/c1-24(2,3)32-23(28)27-12-11-26(20-14-21(20)27)17-7-5-16(6-8-17)15-31-22-10-9-18(13-19(22)25)33(4,29)30/h9-10,13,16-17,20-21H,5-8,11-12,14-15H2,1-4H3/t16-,17-,20-,21?/m1/s1. The summed E-state index contributed by atoms with van der Waals surface area (Å²) in [6.45, 7) is 7.71. The molecular weight excluding hydrogens is 447 g/mol. The number of amides is 1. The lowest BCUT2D eigenvalue weighted by molar-refractivity contribution is 0.00528. The number of carbonyl (C=O) groups excluding carboxylic acids is 1. The van der Waals surface area contributed by atoms with Crippen LogP contribution in [0.25, 0.3) is 0 Å². The summed E-state index contributed by atoms with van der Waals surface area (Å²) in [5.41, 5.74) is -0.474. The molecule has 1 aromatic rings. The predicted molar refractivity (Wildman–Crippen MR) is 123 cm³/mol. The summed E-state index contributed by atoms with van der Waals surface area (Å²) in [4.78, 5) is 16.9. The zero-order chi connectivity index (χ0) is 24.0. The normalized spacial score (nSPS) is 28.2. The van der Waals surface area contributed by atoms with E-state index in [9.17, 15) is 17.6 Å². The van der Waals surface area contributed by atoms with Gasteiger partial charge in [-0.2, -0.15) is 0 Å². The summed E-state index contributed by atoms with van der Waals surface area (Å²) >= 11 is 0. The highest BCUT2D eigenvalue weighted by Gasteiger charge is 2.53. The van der Waals surface area contributed by atoms with Gasteiger partial charge >= 0.3 is 6.09 Å². The summed E-state index contributed by atoms with van der Waals surface area (Å²) in [5.74, 6) is -0.189. The van der Waals surface area contributed by atoms with Gasteiger partial charge in [-0.15, -0.1) is 0 Å². The van der Waals surface area contributed by atoms with Crippen molar-refractivity contribution in [2.45, 2.75) is 81.5 Å². The van der Waals surface area contributed by atoms with E-state index in [1.54, 1.807) is 0 Å². The first-order valence-corrected chi connectivity index (χ1v) is 13.7. The number of benzene rings is 1. The van der Waals surface area contributed by atoms with Crippen LogP contribution in [0.1, 0.15) is 52.9 Å². The fraction of sp³-hybridized carbons (Fsp3) is 0.708. The van der Waals surface area contributed by atoms with Crippen molar-refractivity contribution < 1.29 is 27.1 Å². The topological polar surface area (TPSA) is 76.2 Å². The van der Waals surface area contributed by atoms with Crippen LogP contribution in [0.3, 0.4) is 0 Å². The van der Waals surface area contributed by atoms with Crippen LogP contribution in [-0.4, -0.2) is 74.0 Å². The Morgan fingerprint density at radius 2 is 1.82 bits per heavy atom. The number of hydrogen-bond acceptors (Lipinski definition) is 6. The monoisotopic (exact) mass is 482 g/mol. The van der Waals surface area contributed by atoms with Gasteiger partial charge in [-0.1, -0.05) is 0 Å². The van der Waals surface area contributed by atoms with Gasteiger partial charge in [0.05, 0.1) is 17.5 Å². The highest BCUT2D eigenvalue weighted by atomic mass is 32.2. The predicted octanol–water partition coefficient (Wildman–Crippen LogP) is 3.86. The third-order valence-corrected chi connectivity index (χ3v) is 7.98. The molecule has 3 aliphatic rings. The Bertz CT molecular complexity index is 985. The minimum Gasteiger partial charge on any atom is -0.490 e. The Hall–Kier alpha value is -1.87. The third-order valence-electron chi connectivity index (χ3n) is 6.87. The van der Waals surface area contributed by atoms with Crippen molar-refractivity contribution in [2.75, 3.05) is 26.0 Å². The number of halogens is 1. The van der Waals surface area contributed by atoms with E-state index in [0.717, 1.165) is 51.0 Å². The second-order valence-corrected chi connectivity index (χ2v) is 12.6. The van der Waals surface area contributed by atoms with Crippen molar-refractivity contribution >= 4 is 15.9 Å². The van der Waals surface area contributed by atoms with Gasteiger partial charge in [0.2, 0.25) is 0 Å².